The van der Waals surface area contributed by atoms with E-state index in [4.69, 9.17) is 5.11 Å². The zero-order chi connectivity index (χ0) is 11.0. The number of rotatable bonds is 6. The van der Waals surface area contributed by atoms with Gasteiger partial charge in [0, 0.05) is 0 Å². The average molecular weight is 240 g/mol. The van der Waals surface area contributed by atoms with Crippen LogP contribution >= 0.6 is 25.3 Å². The smallest absolute Gasteiger partial charge is 0.316 e. The van der Waals surface area contributed by atoms with E-state index in [1.54, 1.807) is 0 Å². The lowest BCUT2D eigenvalue weighted by molar-refractivity contribution is -0.157. The maximum atomic E-state index is 10.7. The van der Waals surface area contributed by atoms with Gasteiger partial charge in [0.25, 0.3) is 0 Å². The molecule has 1 N–H and O–H groups in total. The molecule has 0 heterocycles. The van der Waals surface area contributed by atoms with Crippen LogP contribution in [-0.4, -0.2) is 47.9 Å². The van der Waals surface area contributed by atoms with Gasteiger partial charge in [-0.3, -0.25) is 9.59 Å². The molecule has 0 aliphatic carbocycles. The van der Waals surface area contributed by atoms with Crippen LogP contribution in [0.2, 0.25) is 0 Å². The molecule has 5 nitrogen and oxygen atoms in total. The van der Waals surface area contributed by atoms with Gasteiger partial charge >= 0.3 is 11.9 Å². The number of esters is 2. The Morgan fingerprint density at radius 3 is 2.21 bits per heavy atom. The van der Waals surface area contributed by atoms with E-state index in [2.05, 4.69) is 34.7 Å². The highest BCUT2D eigenvalue weighted by Gasteiger charge is 2.14. The molecule has 1 atom stereocenters. The van der Waals surface area contributed by atoms with E-state index in [1.807, 2.05) is 0 Å². The quantitative estimate of drug-likeness (QED) is 0.423. The molecule has 0 spiro atoms. The summed E-state index contributed by atoms with van der Waals surface area (Å²) in [7, 11) is 0. The van der Waals surface area contributed by atoms with Gasteiger partial charge in [0.05, 0.1) is 18.1 Å². The highest BCUT2D eigenvalue weighted by Crippen LogP contribution is 1.96. The Bertz CT molecular complexity index is 197. The topological polar surface area (TPSA) is 72.8 Å². The first-order valence-electron chi connectivity index (χ1n) is 3.81. The first kappa shape index (κ1) is 13.6. The van der Waals surface area contributed by atoms with E-state index in [0.717, 1.165) is 0 Å². The number of carbonyl (C=O) groups excluding carboxylic acids is 2. The number of aliphatic hydroxyl groups excluding tert-OH is 1. The second kappa shape index (κ2) is 7.95. The molecule has 1 unspecified atom stereocenters. The Hall–Kier alpha value is -0.400. The summed E-state index contributed by atoms with van der Waals surface area (Å²) in [5, 5.41) is 8.74. The summed E-state index contributed by atoms with van der Waals surface area (Å²) in [5.74, 6) is -1.25. The van der Waals surface area contributed by atoms with Crippen LogP contribution in [0.15, 0.2) is 0 Å². The molecule has 0 aliphatic heterocycles. The second-order valence-electron chi connectivity index (χ2n) is 2.29. The number of ether oxygens (including phenoxy) is 2. The van der Waals surface area contributed by atoms with Crippen molar-refractivity contribution in [2.45, 2.75) is 6.10 Å². The molecule has 0 rings (SSSR count). The van der Waals surface area contributed by atoms with E-state index in [9.17, 15) is 9.59 Å². The van der Waals surface area contributed by atoms with Crippen LogP contribution in [0.1, 0.15) is 0 Å². The van der Waals surface area contributed by atoms with Gasteiger partial charge in [0.1, 0.15) is 6.61 Å². The van der Waals surface area contributed by atoms with Crippen molar-refractivity contribution in [2.24, 2.45) is 0 Å². The molecule has 0 saturated carbocycles. The van der Waals surface area contributed by atoms with Crippen molar-refractivity contribution in [1.29, 1.82) is 0 Å². The summed E-state index contributed by atoms with van der Waals surface area (Å²) < 4.78 is 9.29. The molecule has 0 aliphatic rings. The summed E-state index contributed by atoms with van der Waals surface area (Å²) in [6, 6.07) is 0. The van der Waals surface area contributed by atoms with E-state index in [1.165, 1.54) is 0 Å². The minimum absolute atomic E-state index is 0.0569. The van der Waals surface area contributed by atoms with Gasteiger partial charge < -0.3 is 14.6 Å². The van der Waals surface area contributed by atoms with E-state index in [0.29, 0.717) is 0 Å². The standard InChI is InChI=1S/C7H12O5S2/c8-1-5(12-7(10)4-14)2-11-6(9)3-13/h5,8,13-14H,1-4H2. The first-order valence-corrected chi connectivity index (χ1v) is 5.08. The third-order valence-electron chi connectivity index (χ3n) is 1.19. The molecule has 0 aromatic rings. The van der Waals surface area contributed by atoms with Gasteiger partial charge in [-0.1, -0.05) is 0 Å². The number of hydrogen-bond donors (Lipinski definition) is 3. The van der Waals surface area contributed by atoms with Crippen LogP contribution in [0.5, 0.6) is 0 Å². The lowest BCUT2D eigenvalue weighted by atomic mass is 10.4. The van der Waals surface area contributed by atoms with Gasteiger partial charge in [-0.2, -0.15) is 25.3 Å². The summed E-state index contributed by atoms with van der Waals surface area (Å²) in [4.78, 5) is 21.4. The Labute approximate surface area is 92.6 Å². The molecule has 82 valence electrons. The summed E-state index contributed by atoms with van der Waals surface area (Å²) in [6.45, 7) is -0.575. The molecule has 0 aromatic carbocycles. The van der Waals surface area contributed by atoms with E-state index in [-0.39, 0.29) is 18.1 Å². The first-order chi connectivity index (χ1) is 6.63. The third kappa shape index (κ3) is 6.11. The Kier molecular flexibility index (Phi) is 7.73. The molecule has 0 saturated heterocycles. The van der Waals surface area contributed by atoms with Crippen LogP contribution in [0.25, 0.3) is 0 Å². The second-order valence-corrected chi connectivity index (χ2v) is 2.93. The minimum Gasteiger partial charge on any atom is -0.461 e. The van der Waals surface area contributed by atoms with Crippen molar-refractivity contribution in [3.63, 3.8) is 0 Å². The van der Waals surface area contributed by atoms with Gasteiger partial charge in [0.15, 0.2) is 6.10 Å². The zero-order valence-corrected chi connectivity index (χ0v) is 9.17. The average Bonchev–Trinajstić information content (AvgIpc) is 2.22. The zero-order valence-electron chi connectivity index (χ0n) is 7.38. The molecule has 0 amide bonds. The molecule has 0 fully saturated rings. The predicted octanol–water partition coefficient (Wildman–Crippen LogP) is -0.707. The van der Waals surface area contributed by atoms with Crippen LogP contribution in [0.4, 0.5) is 0 Å². The SMILES string of the molecule is O=C(CS)OCC(CO)OC(=O)CS. The fraction of sp³-hybridized carbons (Fsp3) is 0.714. The van der Waals surface area contributed by atoms with Crippen LogP contribution in [-0.2, 0) is 19.1 Å². The Balaban J connectivity index is 3.79. The van der Waals surface area contributed by atoms with Crippen molar-refractivity contribution in [1.82, 2.24) is 0 Å². The maximum Gasteiger partial charge on any atom is 0.316 e. The van der Waals surface area contributed by atoms with Gasteiger partial charge in [0.2, 0.25) is 0 Å². The Morgan fingerprint density at radius 1 is 1.21 bits per heavy atom. The Morgan fingerprint density at radius 2 is 1.79 bits per heavy atom. The largest absolute Gasteiger partial charge is 0.461 e. The molecular weight excluding hydrogens is 228 g/mol. The van der Waals surface area contributed by atoms with Crippen molar-refractivity contribution in [2.75, 3.05) is 24.7 Å². The monoisotopic (exact) mass is 240 g/mol. The number of carbonyl (C=O) groups is 2. The molecular formula is C7H12O5S2. The maximum absolute atomic E-state index is 10.7. The van der Waals surface area contributed by atoms with Crippen LogP contribution in [0.3, 0.4) is 0 Å². The lowest BCUT2D eigenvalue weighted by Crippen LogP contribution is -2.29. The summed E-state index contributed by atoms with van der Waals surface area (Å²) in [5.41, 5.74) is 0. The predicted molar refractivity (Wildman–Crippen MR) is 55.6 cm³/mol. The molecule has 0 bridgehead atoms. The lowest BCUT2D eigenvalue weighted by Gasteiger charge is -2.14. The van der Waals surface area contributed by atoms with Gasteiger partial charge in [-0.05, 0) is 0 Å². The molecule has 7 heteroatoms. The van der Waals surface area contributed by atoms with Crippen LogP contribution in [0, 0.1) is 0 Å². The fourth-order valence-electron chi connectivity index (χ4n) is 0.579. The van der Waals surface area contributed by atoms with Crippen LogP contribution < -0.4 is 0 Å². The highest BCUT2D eigenvalue weighted by atomic mass is 32.1. The van der Waals surface area contributed by atoms with Crippen molar-refractivity contribution in [3.8, 4) is 0 Å². The summed E-state index contributed by atoms with van der Waals surface area (Å²) >= 11 is 7.36. The molecule has 14 heavy (non-hydrogen) atoms. The number of thiol groups is 2. The van der Waals surface area contributed by atoms with E-state index >= 15 is 0 Å². The fourth-order valence-corrected chi connectivity index (χ4v) is 0.745. The third-order valence-corrected chi connectivity index (χ3v) is 1.71. The van der Waals surface area contributed by atoms with Crippen molar-refractivity contribution in [3.05, 3.63) is 0 Å². The normalized spacial score (nSPS) is 11.9. The highest BCUT2D eigenvalue weighted by molar-refractivity contribution is 7.81. The summed E-state index contributed by atoms with van der Waals surface area (Å²) in [6.07, 6.45) is -0.835. The van der Waals surface area contributed by atoms with Gasteiger partial charge in [-0.25, -0.2) is 0 Å². The minimum atomic E-state index is -0.835. The van der Waals surface area contributed by atoms with Gasteiger partial charge in [-0.15, -0.1) is 0 Å². The van der Waals surface area contributed by atoms with E-state index < -0.39 is 24.6 Å². The van der Waals surface area contributed by atoms with Crippen molar-refractivity contribution < 1.29 is 24.2 Å². The molecule has 0 aromatic heterocycles. The number of hydrogen-bond acceptors (Lipinski definition) is 7. The molecule has 0 radical (unpaired) electrons. The van der Waals surface area contributed by atoms with Crippen molar-refractivity contribution >= 4 is 37.2 Å². The number of aliphatic hydroxyl groups is 1.